The summed E-state index contributed by atoms with van der Waals surface area (Å²) in [7, 11) is 1.32. The maximum atomic E-state index is 13.3. The monoisotopic (exact) mass is 184 g/mol. The molecule has 0 saturated heterocycles. The van der Waals surface area contributed by atoms with E-state index in [9.17, 15) is 9.18 Å². The van der Waals surface area contributed by atoms with Crippen LogP contribution in [0, 0.1) is 5.82 Å². The van der Waals surface area contributed by atoms with Crippen molar-refractivity contribution in [1.82, 2.24) is 5.43 Å². The largest absolute Gasteiger partial charge is 0.494 e. The van der Waals surface area contributed by atoms with Crippen molar-refractivity contribution < 1.29 is 13.9 Å². The normalized spacial score (nSPS) is 9.46. The molecule has 1 rings (SSSR count). The minimum atomic E-state index is -0.715. The highest BCUT2D eigenvalue weighted by Gasteiger charge is 2.13. The van der Waals surface area contributed by atoms with Crippen molar-refractivity contribution >= 4 is 5.91 Å². The summed E-state index contributed by atoms with van der Waals surface area (Å²) in [5, 5.41) is 0. The molecular formula is C8H9FN2O2. The maximum Gasteiger partial charge on any atom is 0.268 e. The summed E-state index contributed by atoms with van der Waals surface area (Å²) in [5.74, 6) is 3.47. The molecule has 0 fully saturated rings. The number of nitrogen functional groups attached to an aromatic ring is 1. The van der Waals surface area contributed by atoms with E-state index in [-0.39, 0.29) is 11.3 Å². The predicted molar refractivity (Wildman–Crippen MR) is 44.6 cm³/mol. The number of hydrogen-bond acceptors (Lipinski definition) is 3. The van der Waals surface area contributed by atoms with Gasteiger partial charge in [-0.15, -0.1) is 0 Å². The Morgan fingerprint density at radius 2 is 2.31 bits per heavy atom. The van der Waals surface area contributed by atoms with E-state index >= 15 is 0 Å². The van der Waals surface area contributed by atoms with Crippen LogP contribution in [0.5, 0.6) is 5.75 Å². The number of nitrogens with one attached hydrogen (secondary N) is 1. The first-order valence-corrected chi connectivity index (χ1v) is 3.54. The second kappa shape index (κ2) is 3.86. The van der Waals surface area contributed by atoms with Gasteiger partial charge in [0.05, 0.1) is 12.7 Å². The molecule has 0 bridgehead atoms. The molecular weight excluding hydrogens is 175 g/mol. The molecule has 5 heteroatoms. The minimum Gasteiger partial charge on any atom is -0.494 e. The lowest BCUT2D eigenvalue weighted by Gasteiger charge is -2.05. The Bertz CT molecular complexity index is 328. The Morgan fingerprint density at radius 3 is 2.85 bits per heavy atom. The predicted octanol–water partition coefficient (Wildman–Crippen LogP) is 0.438. The topological polar surface area (TPSA) is 64.3 Å². The van der Waals surface area contributed by atoms with Crippen LogP contribution in [0.4, 0.5) is 4.39 Å². The van der Waals surface area contributed by atoms with E-state index in [1.54, 1.807) is 0 Å². The quantitative estimate of drug-likeness (QED) is 0.398. The number of carbonyl (C=O) groups excluding carboxylic acids is 1. The van der Waals surface area contributed by atoms with E-state index in [1.165, 1.54) is 25.3 Å². The summed E-state index contributed by atoms with van der Waals surface area (Å²) in [4.78, 5) is 11.0. The molecule has 70 valence electrons. The third-order valence-corrected chi connectivity index (χ3v) is 1.56. The van der Waals surface area contributed by atoms with Gasteiger partial charge in [-0.05, 0) is 12.1 Å². The Morgan fingerprint density at radius 1 is 1.62 bits per heavy atom. The molecule has 0 saturated carbocycles. The molecule has 0 heterocycles. The molecule has 0 radical (unpaired) electrons. The Kier molecular flexibility index (Phi) is 2.81. The molecule has 0 aliphatic rings. The van der Waals surface area contributed by atoms with Gasteiger partial charge >= 0.3 is 0 Å². The lowest BCUT2D eigenvalue weighted by Crippen LogP contribution is -2.30. The number of hydrazine groups is 1. The van der Waals surface area contributed by atoms with Crippen LogP contribution in [0.25, 0.3) is 0 Å². The number of hydrogen-bond donors (Lipinski definition) is 2. The van der Waals surface area contributed by atoms with Crippen LogP contribution in [0.1, 0.15) is 10.4 Å². The molecule has 4 nitrogen and oxygen atoms in total. The summed E-state index contributed by atoms with van der Waals surface area (Å²) < 4.78 is 18.0. The van der Waals surface area contributed by atoms with Gasteiger partial charge in [-0.25, -0.2) is 10.2 Å². The van der Waals surface area contributed by atoms with E-state index in [2.05, 4.69) is 4.74 Å². The van der Waals surface area contributed by atoms with Crippen LogP contribution in [0.3, 0.4) is 0 Å². The average molecular weight is 184 g/mol. The number of nitrogens with two attached hydrogens (primary N) is 1. The first-order valence-electron chi connectivity index (χ1n) is 3.54. The molecule has 0 aliphatic heterocycles. The Hall–Kier alpha value is -1.62. The molecule has 0 spiro atoms. The highest BCUT2D eigenvalue weighted by Crippen LogP contribution is 2.19. The fourth-order valence-electron chi connectivity index (χ4n) is 0.922. The zero-order valence-corrected chi connectivity index (χ0v) is 7.00. The van der Waals surface area contributed by atoms with E-state index in [1.807, 2.05) is 5.43 Å². The molecule has 1 aromatic carbocycles. The summed E-state index contributed by atoms with van der Waals surface area (Å²) >= 11 is 0. The molecule has 0 aromatic heterocycles. The number of ether oxygens (including phenoxy) is 1. The van der Waals surface area contributed by atoms with Gasteiger partial charge in [-0.3, -0.25) is 10.2 Å². The van der Waals surface area contributed by atoms with Crippen LogP contribution in [-0.2, 0) is 0 Å². The molecule has 13 heavy (non-hydrogen) atoms. The fraction of sp³-hybridized carbons (Fsp3) is 0.125. The van der Waals surface area contributed by atoms with Crippen molar-refractivity contribution in [2.75, 3.05) is 7.11 Å². The van der Waals surface area contributed by atoms with Gasteiger partial charge in [0.2, 0.25) is 0 Å². The van der Waals surface area contributed by atoms with E-state index in [0.29, 0.717) is 0 Å². The smallest absolute Gasteiger partial charge is 0.268 e. The zero-order valence-electron chi connectivity index (χ0n) is 7.00. The standard InChI is InChI=1S/C8H9FN2O2/c1-13-6-4-2-3-5(7(6)9)8(12)11-10/h2-4H,10H2,1H3,(H,11,12). The molecule has 3 N–H and O–H groups in total. The lowest BCUT2D eigenvalue weighted by molar-refractivity contribution is 0.0949. The van der Waals surface area contributed by atoms with Crippen molar-refractivity contribution in [1.29, 1.82) is 0 Å². The first kappa shape index (κ1) is 9.47. The van der Waals surface area contributed by atoms with Crippen molar-refractivity contribution in [3.63, 3.8) is 0 Å². The number of rotatable bonds is 2. The van der Waals surface area contributed by atoms with E-state index in [4.69, 9.17) is 5.84 Å². The van der Waals surface area contributed by atoms with Crippen molar-refractivity contribution in [3.8, 4) is 5.75 Å². The van der Waals surface area contributed by atoms with Gasteiger partial charge in [-0.1, -0.05) is 6.07 Å². The van der Waals surface area contributed by atoms with Gasteiger partial charge in [0.15, 0.2) is 11.6 Å². The van der Waals surface area contributed by atoms with Gasteiger partial charge in [0.25, 0.3) is 5.91 Å². The van der Waals surface area contributed by atoms with Gasteiger partial charge in [0.1, 0.15) is 0 Å². The van der Waals surface area contributed by atoms with Crippen LogP contribution in [-0.4, -0.2) is 13.0 Å². The number of amides is 1. The van der Waals surface area contributed by atoms with Crippen LogP contribution >= 0.6 is 0 Å². The van der Waals surface area contributed by atoms with Crippen molar-refractivity contribution in [2.24, 2.45) is 5.84 Å². The summed E-state index contributed by atoms with van der Waals surface area (Å²) in [6.07, 6.45) is 0. The van der Waals surface area contributed by atoms with Gasteiger partial charge < -0.3 is 4.74 Å². The molecule has 0 unspecified atom stereocenters. The molecule has 0 atom stereocenters. The van der Waals surface area contributed by atoms with E-state index < -0.39 is 11.7 Å². The number of carbonyl (C=O) groups is 1. The summed E-state index contributed by atoms with van der Waals surface area (Å²) in [6, 6.07) is 4.25. The number of halogens is 1. The second-order valence-electron chi connectivity index (χ2n) is 2.30. The molecule has 0 aliphatic carbocycles. The van der Waals surface area contributed by atoms with Crippen molar-refractivity contribution in [2.45, 2.75) is 0 Å². The highest BCUT2D eigenvalue weighted by molar-refractivity contribution is 5.94. The number of benzene rings is 1. The summed E-state index contributed by atoms with van der Waals surface area (Å²) in [6.45, 7) is 0. The van der Waals surface area contributed by atoms with E-state index in [0.717, 1.165) is 0 Å². The van der Waals surface area contributed by atoms with Gasteiger partial charge in [-0.2, -0.15) is 0 Å². The SMILES string of the molecule is COc1cccc(C(=O)NN)c1F. The molecule has 1 amide bonds. The van der Waals surface area contributed by atoms with Crippen LogP contribution in [0.2, 0.25) is 0 Å². The second-order valence-corrected chi connectivity index (χ2v) is 2.30. The highest BCUT2D eigenvalue weighted by atomic mass is 19.1. The maximum absolute atomic E-state index is 13.3. The zero-order chi connectivity index (χ0) is 9.84. The minimum absolute atomic E-state index is 0.0149. The van der Waals surface area contributed by atoms with Gasteiger partial charge in [0, 0.05) is 0 Å². The first-order chi connectivity index (χ1) is 6.20. The number of methoxy groups -OCH3 is 1. The lowest BCUT2D eigenvalue weighted by atomic mass is 10.2. The van der Waals surface area contributed by atoms with Crippen molar-refractivity contribution in [3.05, 3.63) is 29.6 Å². The Labute approximate surface area is 74.5 Å². The third kappa shape index (κ3) is 1.75. The Balaban J connectivity index is 3.15. The van der Waals surface area contributed by atoms with Crippen LogP contribution < -0.4 is 16.0 Å². The average Bonchev–Trinajstić information content (AvgIpc) is 2.17. The fourth-order valence-corrected chi connectivity index (χ4v) is 0.922. The third-order valence-electron chi connectivity index (χ3n) is 1.56. The summed E-state index contributed by atoms with van der Waals surface area (Å²) in [5.41, 5.74) is 1.70. The van der Waals surface area contributed by atoms with Crippen LogP contribution in [0.15, 0.2) is 18.2 Å². The molecule has 1 aromatic rings.